The fraction of sp³-hybridized carbons (Fsp3) is 0.400. The van der Waals surface area contributed by atoms with Crippen LogP contribution in [0.1, 0.15) is 12.6 Å². The van der Waals surface area contributed by atoms with Crippen LogP contribution in [0.5, 0.6) is 0 Å². The molecule has 1 aromatic heterocycles. The molecule has 0 aliphatic carbocycles. The summed E-state index contributed by atoms with van der Waals surface area (Å²) in [7, 11) is 0. The Morgan fingerprint density at radius 2 is 2.43 bits per heavy atom. The zero-order valence-corrected chi connectivity index (χ0v) is 8.14. The lowest BCUT2D eigenvalue weighted by Gasteiger charge is -2.14. The van der Waals surface area contributed by atoms with Gasteiger partial charge >= 0.3 is 0 Å². The second-order valence-corrected chi connectivity index (χ2v) is 3.51. The van der Waals surface area contributed by atoms with Crippen LogP contribution in [0.25, 0.3) is 0 Å². The summed E-state index contributed by atoms with van der Waals surface area (Å²) >= 11 is 0. The van der Waals surface area contributed by atoms with Crippen LogP contribution in [-0.2, 0) is 0 Å². The lowest BCUT2D eigenvalue weighted by Crippen LogP contribution is -2.43. The molecule has 1 aliphatic heterocycles. The maximum absolute atomic E-state index is 5.78. The topological polar surface area (TPSA) is 63.3 Å². The summed E-state index contributed by atoms with van der Waals surface area (Å²) in [6.07, 6.45) is 1.76. The summed E-state index contributed by atoms with van der Waals surface area (Å²) < 4.78 is 0. The molecule has 2 heterocycles. The molecule has 0 spiro atoms. The summed E-state index contributed by atoms with van der Waals surface area (Å²) in [5, 5.41) is 3.27. The number of hydrogen-bond donors (Lipinski definition) is 2. The summed E-state index contributed by atoms with van der Waals surface area (Å²) in [5.41, 5.74) is 6.67. The number of nitrogens with two attached hydrogens (primary N) is 1. The van der Waals surface area contributed by atoms with E-state index in [1.54, 1.807) is 6.20 Å². The van der Waals surface area contributed by atoms with Crippen LogP contribution in [0.3, 0.4) is 0 Å². The van der Waals surface area contributed by atoms with E-state index in [1.165, 1.54) is 0 Å². The summed E-state index contributed by atoms with van der Waals surface area (Å²) in [5.74, 6) is 0.855. The molecule has 0 saturated carbocycles. The summed E-state index contributed by atoms with van der Waals surface area (Å²) in [6, 6.07) is 6.13. The van der Waals surface area contributed by atoms with Gasteiger partial charge in [-0.05, 0) is 19.1 Å². The molecular weight excluding hydrogens is 176 g/mol. The number of amidine groups is 1. The summed E-state index contributed by atoms with van der Waals surface area (Å²) in [4.78, 5) is 8.59. The van der Waals surface area contributed by atoms with E-state index < -0.39 is 0 Å². The Hall–Kier alpha value is -1.42. The van der Waals surface area contributed by atoms with Crippen LogP contribution in [0.4, 0.5) is 0 Å². The fourth-order valence-corrected chi connectivity index (χ4v) is 1.41. The Kier molecular flexibility index (Phi) is 2.45. The van der Waals surface area contributed by atoms with Crippen molar-refractivity contribution in [2.45, 2.75) is 19.0 Å². The van der Waals surface area contributed by atoms with Gasteiger partial charge < -0.3 is 11.1 Å². The summed E-state index contributed by atoms with van der Waals surface area (Å²) in [6.45, 7) is 2.72. The van der Waals surface area contributed by atoms with E-state index in [0.29, 0.717) is 0 Å². The number of pyridine rings is 1. The van der Waals surface area contributed by atoms with Gasteiger partial charge in [0.25, 0.3) is 0 Å². The molecule has 2 atom stereocenters. The highest BCUT2D eigenvalue weighted by Crippen LogP contribution is 2.04. The second-order valence-electron chi connectivity index (χ2n) is 3.51. The van der Waals surface area contributed by atoms with Crippen molar-refractivity contribution in [3.63, 3.8) is 0 Å². The van der Waals surface area contributed by atoms with Gasteiger partial charge in [-0.25, -0.2) is 0 Å². The van der Waals surface area contributed by atoms with Gasteiger partial charge in [-0.15, -0.1) is 0 Å². The highest BCUT2D eigenvalue weighted by Gasteiger charge is 2.21. The number of nitrogens with zero attached hydrogens (tertiary/aromatic N) is 2. The van der Waals surface area contributed by atoms with Gasteiger partial charge in [0.1, 0.15) is 11.5 Å². The van der Waals surface area contributed by atoms with Crippen molar-refractivity contribution in [3.05, 3.63) is 30.1 Å². The second kappa shape index (κ2) is 3.75. The maximum Gasteiger partial charge on any atom is 0.147 e. The number of aliphatic imine (C=N–C) groups is 1. The molecule has 0 fully saturated rings. The number of aromatic nitrogens is 1. The Labute approximate surface area is 83.3 Å². The third-order valence-corrected chi connectivity index (χ3v) is 2.31. The molecule has 0 saturated heterocycles. The molecule has 0 bridgehead atoms. The van der Waals surface area contributed by atoms with E-state index in [4.69, 9.17) is 5.73 Å². The van der Waals surface area contributed by atoms with E-state index >= 15 is 0 Å². The number of nitrogens with one attached hydrogen (secondary N) is 1. The smallest absolute Gasteiger partial charge is 0.147 e. The van der Waals surface area contributed by atoms with Crippen molar-refractivity contribution in [1.29, 1.82) is 0 Å². The Morgan fingerprint density at radius 1 is 1.57 bits per heavy atom. The molecule has 14 heavy (non-hydrogen) atoms. The fourth-order valence-electron chi connectivity index (χ4n) is 1.41. The molecule has 0 aromatic carbocycles. The van der Waals surface area contributed by atoms with E-state index in [0.717, 1.165) is 18.1 Å². The molecule has 1 aromatic rings. The third kappa shape index (κ3) is 1.75. The zero-order valence-electron chi connectivity index (χ0n) is 8.14. The average Bonchev–Trinajstić information content (AvgIpc) is 2.68. The van der Waals surface area contributed by atoms with E-state index in [-0.39, 0.29) is 12.1 Å². The van der Waals surface area contributed by atoms with E-state index in [1.807, 2.05) is 25.1 Å². The van der Waals surface area contributed by atoms with Gasteiger partial charge in [-0.3, -0.25) is 9.98 Å². The first-order valence-corrected chi connectivity index (χ1v) is 4.75. The molecule has 1 aliphatic rings. The van der Waals surface area contributed by atoms with Gasteiger partial charge in [-0.1, -0.05) is 6.07 Å². The minimum atomic E-state index is 0.111. The van der Waals surface area contributed by atoms with E-state index in [9.17, 15) is 0 Å². The first kappa shape index (κ1) is 9.15. The lowest BCUT2D eigenvalue weighted by atomic mass is 10.2. The van der Waals surface area contributed by atoms with Crippen LogP contribution in [0.2, 0.25) is 0 Å². The molecule has 74 valence electrons. The maximum atomic E-state index is 5.78. The van der Waals surface area contributed by atoms with Crippen LogP contribution in [0, 0.1) is 0 Å². The predicted molar refractivity (Wildman–Crippen MR) is 56.2 cm³/mol. The zero-order chi connectivity index (χ0) is 9.97. The molecular formula is C10H14N4. The van der Waals surface area contributed by atoms with Crippen molar-refractivity contribution in [2.24, 2.45) is 10.7 Å². The first-order chi connectivity index (χ1) is 6.77. The highest BCUT2D eigenvalue weighted by molar-refractivity contribution is 5.98. The van der Waals surface area contributed by atoms with Gasteiger partial charge in [0.2, 0.25) is 0 Å². The van der Waals surface area contributed by atoms with Gasteiger partial charge in [-0.2, -0.15) is 0 Å². The SMILES string of the molecule is CC(N)C1CN=C(c2ccccn2)N1. The van der Waals surface area contributed by atoms with Crippen molar-refractivity contribution in [2.75, 3.05) is 6.54 Å². The van der Waals surface area contributed by atoms with E-state index in [2.05, 4.69) is 15.3 Å². The molecule has 2 rings (SSSR count). The Bertz CT molecular complexity index is 331. The first-order valence-electron chi connectivity index (χ1n) is 4.75. The standard InChI is InChI=1S/C10H14N4/c1-7(11)9-6-13-10(14-9)8-4-2-3-5-12-8/h2-5,7,9H,6,11H2,1H3,(H,13,14). The lowest BCUT2D eigenvalue weighted by molar-refractivity contribution is 0.549. The molecule has 3 N–H and O–H groups in total. The van der Waals surface area contributed by atoms with Crippen molar-refractivity contribution < 1.29 is 0 Å². The Balaban J connectivity index is 2.09. The third-order valence-electron chi connectivity index (χ3n) is 2.31. The van der Waals surface area contributed by atoms with Crippen molar-refractivity contribution in [1.82, 2.24) is 10.3 Å². The molecule has 0 radical (unpaired) electrons. The normalized spacial score (nSPS) is 22.7. The quantitative estimate of drug-likeness (QED) is 0.697. The van der Waals surface area contributed by atoms with Gasteiger partial charge in [0, 0.05) is 12.2 Å². The highest BCUT2D eigenvalue weighted by atomic mass is 15.1. The van der Waals surface area contributed by atoms with Crippen molar-refractivity contribution in [3.8, 4) is 0 Å². The largest absolute Gasteiger partial charge is 0.362 e. The van der Waals surface area contributed by atoms with Crippen LogP contribution in [0.15, 0.2) is 29.4 Å². The molecule has 0 amide bonds. The predicted octanol–water partition coefficient (Wildman–Crippen LogP) is 0.147. The monoisotopic (exact) mass is 190 g/mol. The minimum absolute atomic E-state index is 0.111. The van der Waals surface area contributed by atoms with Crippen LogP contribution >= 0.6 is 0 Å². The molecule has 4 heteroatoms. The molecule has 2 unspecified atom stereocenters. The average molecular weight is 190 g/mol. The van der Waals surface area contributed by atoms with Crippen molar-refractivity contribution >= 4 is 5.84 Å². The number of hydrogen-bond acceptors (Lipinski definition) is 4. The van der Waals surface area contributed by atoms with Crippen LogP contribution < -0.4 is 11.1 Å². The number of rotatable bonds is 2. The minimum Gasteiger partial charge on any atom is -0.362 e. The van der Waals surface area contributed by atoms with Crippen LogP contribution in [-0.4, -0.2) is 29.4 Å². The van der Waals surface area contributed by atoms with Gasteiger partial charge in [0.05, 0.1) is 12.6 Å². The Morgan fingerprint density at radius 3 is 3.00 bits per heavy atom. The molecule has 4 nitrogen and oxygen atoms in total. The van der Waals surface area contributed by atoms with Gasteiger partial charge in [0.15, 0.2) is 0 Å².